The second kappa shape index (κ2) is 5.55. The van der Waals surface area contributed by atoms with Gasteiger partial charge in [0.25, 0.3) is 0 Å². The summed E-state index contributed by atoms with van der Waals surface area (Å²) in [5.41, 5.74) is 2.38. The van der Waals surface area contributed by atoms with Crippen molar-refractivity contribution in [1.82, 2.24) is 9.29 Å². The van der Waals surface area contributed by atoms with Gasteiger partial charge in [-0.2, -0.15) is 0 Å². The lowest BCUT2D eigenvalue weighted by Gasteiger charge is -2.26. The van der Waals surface area contributed by atoms with Gasteiger partial charge in [-0.15, -0.1) is 0 Å². The average molecular weight is 310 g/mol. The Hall–Kier alpha value is -1.18. The summed E-state index contributed by atoms with van der Waals surface area (Å²) in [5.74, 6) is 7.69. The molecule has 3 atom stereocenters. The number of hydrazine groups is 1. The summed E-state index contributed by atoms with van der Waals surface area (Å²) in [6, 6.07) is 2.97. The molecule has 0 aliphatic heterocycles. The first-order chi connectivity index (χ1) is 10.0. The molecule has 3 unspecified atom stereocenters. The molecule has 2 fully saturated rings. The van der Waals surface area contributed by atoms with Crippen LogP contribution in [0.5, 0.6) is 0 Å². The van der Waals surface area contributed by atoms with Crippen LogP contribution in [0.25, 0.3) is 0 Å². The predicted molar refractivity (Wildman–Crippen MR) is 80.8 cm³/mol. The van der Waals surface area contributed by atoms with Crippen LogP contribution in [0.1, 0.15) is 25.7 Å². The monoisotopic (exact) mass is 310 g/mol. The van der Waals surface area contributed by atoms with Crippen molar-refractivity contribution >= 4 is 15.8 Å². The Kier molecular flexibility index (Phi) is 3.90. The number of aromatic nitrogens is 1. The zero-order valence-corrected chi connectivity index (χ0v) is 13.0. The van der Waals surface area contributed by atoms with Crippen molar-refractivity contribution in [3.05, 3.63) is 18.3 Å². The molecule has 2 bridgehead atoms. The van der Waals surface area contributed by atoms with Gasteiger partial charge in [-0.05, 0) is 43.1 Å². The van der Waals surface area contributed by atoms with Crippen molar-refractivity contribution in [2.24, 2.45) is 23.6 Å². The number of rotatable bonds is 5. The molecule has 2 aliphatic carbocycles. The summed E-state index contributed by atoms with van der Waals surface area (Å²) in [6.45, 7) is 0.608. The molecule has 2 saturated carbocycles. The van der Waals surface area contributed by atoms with E-state index in [9.17, 15) is 8.42 Å². The first kappa shape index (κ1) is 14.7. The van der Waals surface area contributed by atoms with Crippen LogP contribution in [0.15, 0.2) is 23.2 Å². The van der Waals surface area contributed by atoms with Crippen LogP contribution in [0.2, 0.25) is 0 Å². The number of nitrogens with one attached hydrogen (secondary N) is 1. The van der Waals surface area contributed by atoms with Gasteiger partial charge >= 0.3 is 0 Å². The van der Waals surface area contributed by atoms with E-state index in [1.54, 1.807) is 7.05 Å². The number of hydrogen-bond donors (Lipinski definition) is 2. The standard InChI is InChI=1S/C14H22N4O2S/c1-18(9-12-7-10-2-3-11(12)6-10)21(19,20)13-4-5-16-14(8-13)17-15/h4-5,8,10-12H,2-3,6-7,9,15H2,1H3,(H,16,17). The minimum atomic E-state index is -3.48. The van der Waals surface area contributed by atoms with E-state index in [-0.39, 0.29) is 4.90 Å². The molecule has 3 rings (SSSR count). The highest BCUT2D eigenvalue weighted by atomic mass is 32.2. The van der Waals surface area contributed by atoms with Crippen molar-refractivity contribution in [3.8, 4) is 0 Å². The SMILES string of the molecule is CN(CC1CC2CCC1C2)S(=O)(=O)c1ccnc(NN)c1. The molecular formula is C14H22N4O2S. The van der Waals surface area contributed by atoms with Crippen molar-refractivity contribution in [2.45, 2.75) is 30.6 Å². The Bertz CT molecular complexity index is 619. The average Bonchev–Trinajstić information content (AvgIpc) is 3.09. The summed E-state index contributed by atoms with van der Waals surface area (Å²) >= 11 is 0. The van der Waals surface area contributed by atoms with E-state index < -0.39 is 10.0 Å². The lowest BCUT2D eigenvalue weighted by atomic mass is 9.89. The molecule has 0 amide bonds. The van der Waals surface area contributed by atoms with Gasteiger partial charge in [-0.25, -0.2) is 23.5 Å². The second-order valence-corrected chi connectivity index (χ2v) is 8.29. The number of nitrogen functional groups attached to an aromatic ring is 1. The third-order valence-corrected chi connectivity index (χ3v) is 6.78. The Morgan fingerprint density at radius 2 is 2.24 bits per heavy atom. The van der Waals surface area contributed by atoms with Gasteiger partial charge in [0.1, 0.15) is 5.82 Å². The van der Waals surface area contributed by atoms with E-state index in [0.717, 1.165) is 5.92 Å². The predicted octanol–water partition coefficient (Wildman–Crippen LogP) is 1.42. The number of nitrogens with zero attached hydrogens (tertiary/aromatic N) is 2. The lowest BCUT2D eigenvalue weighted by Crippen LogP contribution is -2.33. The van der Waals surface area contributed by atoms with Crippen LogP contribution in [0, 0.1) is 17.8 Å². The molecule has 2 aliphatic rings. The summed E-state index contributed by atoms with van der Waals surface area (Å²) < 4.78 is 26.7. The second-order valence-electron chi connectivity index (χ2n) is 6.24. The quantitative estimate of drug-likeness (QED) is 0.634. The maximum Gasteiger partial charge on any atom is 0.243 e. The van der Waals surface area contributed by atoms with Crippen LogP contribution in [-0.4, -0.2) is 31.3 Å². The molecule has 3 N–H and O–H groups in total. The number of fused-ring (bicyclic) bond motifs is 2. The largest absolute Gasteiger partial charge is 0.308 e. The molecule has 1 aromatic heterocycles. The van der Waals surface area contributed by atoms with Crippen LogP contribution >= 0.6 is 0 Å². The molecule has 116 valence electrons. The van der Waals surface area contributed by atoms with Gasteiger partial charge in [0.15, 0.2) is 0 Å². The molecule has 1 aromatic rings. The summed E-state index contributed by atoms with van der Waals surface area (Å²) in [4.78, 5) is 4.18. The van der Waals surface area contributed by atoms with Crippen LogP contribution in [0.4, 0.5) is 5.82 Å². The number of hydrogen-bond acceptors (Lipinski definition) is 5. The third-order valence-electron chi connectivity index (χ3n) is 4.96. The smallest absolute Gasteiger partial charge is 0.243 e. The van der Waals surface area contributed by atoms with Crippen LogP contribution in [-0.2, 0) is 10.0 Å². The molecule has 0 radical (unpaired) electrons. The van der Waals surface area contributed by atoms with Gasteiger partial charge in [-0.3, -0.25) is 0 Å². The van der Waals surface area contributed by atoms with E-state index in [0.29, 0.717) is 24.2 Å². The van der Waals surface area contributed by atoms with Gasteiger partial charge < -0.3 is 5.43 Å². The number of pyridine rings is 1. The molecule has 1 heterocycles. The number of nitrogens with two attached hydrogens (primary N) is 1. The topological polar surface area (TPSA) is 88.3 Å². The molecule has 7 heteroatoms. The van der Waals surface area contributed by atoms with Gasteiger partial charge in [-0.1, -0.05) is 6.42 Å². The fraction of sp³-hybridized carbons (Fsp3) is 0.643. The normalized spacial score (nSPS) is 28.2. The van der Waals surface area contributed by atoms with Gasteiger partial charge in [0, 0.05) is 25.9 Å². The summed E-state index contributed by atoms with van der Waals surface area (Å²) in [6.07, 6.45) is 6.51. The first-order valence-electron chi connectivity index (χ1n) is 7.39. The molecule has 0 spiro atoms. The summed E-state index contributed by atoms with van der Waals surface area (Å²) in [5, 5.41) is 0. The highest BCUT2D eigenvalue weighted by Crippen LogP contribution is 2.48. The van der Waals surface area contributed by atoms with Gasteiger partial charge in [0.05, 0.1) is 4.90 Å². The van der Waals surface area contributed by atoms with Crippen molar-refractivity contribution < 1.29 is 8.42 Å². The highest BCUT2D eigenvalue weighted by molar-refractivity contribution is 7.89. The number of anilines is 1. The van der Waals surface area contributed by atoms with Crippen LogP contribution in [0.3, 0.4) is 0 Å². The van der Waals surface area contributed by atoms with E-state index in [2.05, 4.69) is 10.4 Å². The zero-order chi connectivity index (χ0) is 15.0. The molecule has 0 aromatic carbocycles. The first-order valence-corrected chi connectivity index (χ1v) is 8.83. The van der Waals surface area contributed by atoms with Crippen molar-refractivity contribution in [1.29, 1.82) is 0 Å². The highest BCUT2D eigenvalue weighted by Gasteiger charge is 2.40. The van der Waals surface area contributed by atoms with Gasteiger partial charge in [0.2, 0.25) is 10.0 Å². The molecular weight excluding hydrogens is 288 g/mol. The Balaban J connectivity index is 1.74. The zero-order valence-electron chi connectivity index (χ0n) is 12.2. The molecule has 21 heavy (non-hydrogen) atoms. The van der Waals surface area contributed by atoms with E-state index in [4.69, 9.17) is 5.84 Å². The van der Waals surface area contributed by atoms with Crippen molar-refractivity contribution in [3.63, 3.8) is 0 Å². The fourth-order valence-electron chi connectivity index (χ4n) is 3.86. The minimum Gasteiger partial charge on any atom is -0.308 e. The number of sulfonamides is 1. The van der Waals surface area contributed by atoms with Crippen molar-refractivity contribution in [2.75, 3.05) is 19.0 Å². The van der Waals surface area contributed by atoms with Crippen LogP contribution < -0.4 is 11.3 Å². The third kappa shape index (κ3) is 2.77. The Morgan fingerprint density at radius 3 is 2.86 bits per heavy atom. The Labute approximate surface area is 125 Å². The minimum absolute atomic E-state index is 0.233. The van der Waals surface area contributed by atoms with E-state index in [1.807, 2.05) is 0 Å². The molecule has 6 nitrogen and oxygen atoms in total. The fourth-order valence-corrected chi connectivity index (χ4v) is 5.10. The maximum absolute atomic E-state index is 12.6. The maximum atomic E-state index is 12.6. The Morgan fingerprint density at radius 1 is 1.43 bits per heavy atom. The summed E-state index contributed by atoms with van der Waals surface area (Å²) in [7, 11) is -1.81. The molecule has 0 saturated heterocycles. The van der Waals surface area contributed by atoms with E-state index in [1.165, 1.54) is 48.3 Å². The van der Waals surface area contributed by atoms with E-state index >= 15 is 0 Å². The lowest BCUT2D eigenvalue weighted by molar-refractivity contribution is 0.280.